The van der Waals surface area contributed by atoms with Gasteiger partial charge in [0.1, 0.15) is 5.52 Å². The molecule has 0 atom stereocenters. The Morgan fingerprint density at radius 2 is 2.38 bits per heavy atom. The van der Waals surface area contributed by atoms with Gasteiger partial charge in [-0.25, -0.2) is 4.98 Å². The fourth-order valence-electron chi connectivity index (χ4n) is 1.26. The molecule has 0 aliphatic carbocycles. The molecule has 0 radical (unpaired) electrons. The van der Waals surface area contributed by atoms with E-state index in [0.29, 0.717) is 23.7 Å². The van der Waals surface area contributed by atoms with Gasteiger partial charge in [-0.2, -0.15) is 9.97 Å². The molecular formula is C9H11N5O2. The fraction of sp³-hybridized carbons (Fsp3) is 0.333. The quantitative estimate of drug-likeness (QED) is 0.796. The van der Waals surface area contributed by atoms with Gasteiger partial charge in [-0.1, -0.05) is 0 Å². The van der Waals surface area contributed by atoms with E-state index < -0.39 is 0 Å². The maximum absolute atomic E-state index is 10.9. The normalized spacial score (nSPS) is 10.4. The Balaban J connectivity index is 2.48. The first kappa shape index (κ1) is 10.3. The van der Waals surface area contributed by atoms with Crippen molar-refractivity contribution in [3.05, 3.63) is 6.33 Å². The molecule has 0 aromatic carbocycles. The van der Waals surface area contributed by atoms with Crippen LogP contribution in [0.4, 0.5) is 5.95 Å². The van der Waals surface area contributed by atoms with Gasteiger partial charge >= 0.3 is 0 Å². The van der Waals surface area contributed by atoms with Crippen LogP contribution in [0.5, 0.6) is 5.88 Å². The zero-order valence-corrected chi connectivity index (χ0v) is 8.94. The third-order valence-corrected chi connectivity index (χ3v) is 1.82. The number of carbonyl (C=O) groups excluding carboxylic acids is 1. The highest BCUT2D eigenvalue weighted by molar-refractivity contribution is 5.88. The molecule has 0 saturated heterocycles. The standard InChI is InChI=1S/C9H11N5O2/c1-3-16-8-6-7(11-4-10-6)13-9(14-8)12-5(2)15/h4H,3H2,1-2H3,(H2,10,11,12,13,14,15). The van der Waals surface area contributed by atoms with Crippen LogP contribution in [-0.4, -0.2) is 32.4 Å². The summed E-state index contributed by atoms with van der Waals surface area (Å²) in [6, 6.07) is 0. The van der Waals surface area contributed by atoms with Crippen molar-refractivity contribution in [3.63, 3.8) is 0 Å². The zero-order chi connectivity index (χ0) is 11.5. The molecule has 2 aromatic heterocycles. The van der Waals surface area contributed by atoms with Gasteiger partial charge in [-0.3, -0.25) is 10.1 Å². The summed E-state index contributed by atoms with van der Waals surface area (Å²) in [5, 5.41) is 2.49. The van der Waals surface area contributed by atoms with Crippen LogP contribution in [0.15, 0.2) is 6.33 Å². The first-order chi connectivity index (χ1) is 7.70. The Kier molecular flexibility index (Phi) is 2.67. The van der Waals surface area contributed by atoms with Crippen molar-refractivity contribution in [2.24, 2.45) is 0 Å². The Labute approximate surface area is 91.3 Å². The molecule has 2 heterocycles. The number of hydrogen-bond acceptors (Lipinski definition) is 5. The van der Waals surface area contributed by atoms with Gasteiger partial charge in [-0.15, -0.1) is 0 Å². The summed E-state index contributed by atoms with van der Waals surface area (Å²) >= 11 is 0. The molecular weight excluding hydrogens is 210 g/mol. The smallest absolute Gasteiger partial charge is 0.245 e. The molecule has 0 saturated carbocycles. The van der Waals surface area contributed by atoms with Crippen LogP contribution in [0.3, 0.4) is 0 Å². The molecule has 7 heteroatoms. The van der Waals surface area contributed by atoms with Crippen molar-refractivity contribution in [1.82, 2.24) is 19.9 Å². The van der Waals surface area contributed by atoms with Crippen LogP contribution < -0.4 is 10.1 Å². The molecule has 0 fully saturated rings. The van der Waals surface area contributed by atoms with E-state index in [9.17, 15) is 4.79 Å². The number of H-pyrrole nitrogens is 1. The highest BCUT2D eigenvalue weighted by Crippen LogP contribution is 2.20. The minimum Gasteiger partial charge on any atom is -0.476 e. The maximum atomic E-state index is 10.9. The second-order valence-electron chi connectivity index (χ2n) is 3.07. The van der Waals surface area contributed by atoms with E-state index in [0.717, 1.165) is 0 Å². The highest BCUT2D eigenvalue weighted by Gasteiger charge is 2.11. The summed E-state index contributed by atoms with van der Waals surface area (Å²) in [7, 11) is 0. The zero-order valence-electron chi connectivity index (χ0n) is 8.94. The van der Waals surface area contributed by atoms with Crippen LogP contribution >= 0.6 is 0 Å². The number of nitrogens with zero attached hydrogens (tertiary/aromatic N) is 3. The predicted molar refractivity (Wildman–Crippen MR) is 57.2 cm³/mol. The molecule has 2 rings (SSSR count). The van der Waals surface area contributed by atoms with E-state index >= 15 is 0 Å². The Bertz CT molecular complexity index is 522. The lowest BCUT2D eigenvalue weighted by molar-refractivity contribution is -0.114. The first-order valence-electron chi connectivity index (χ1n) is 4.82. The van der Waals surface area contributed by atoms with Crippen molar-refractivity contribution >= 4 is 23.0 Å². The summed E-state index contributed by atoms with van der Waals surface area (Å²) in [6.07, 6.45) is 1.50. The van der Waals surface area contributed by atoms with E-state index in [2.05, 4.69) is 25.3 Å². The average Bonchev–Trinajstić information content (AvgIpc) is 2.65. The average molecular weight is 221 g/mol. The van der Waals surface area contributed by atoms with Crippen molar-refractivity contribution in [3.8, 4) is 5.88 Å². The number of anilines is 1. The lowest BCUT2D eigenvalue weighted by Crippen LogP contribution is -2.10. The summed E-state index contributed by atoms with van der Waals surface area (Å²) in [5.41, 5.74) is 1.08. The van der Waals surface area contributed by atoms with Gasteiger partial charge in [0.05, 0.1) is 12.9 Å². The van der Waals surface area contributed by atoms with Crippen molar-refractivity contribution in [2.45, 2.75) is 13.8 Å². The number of carbonyl (C=O) groups is 1. The second kappa shape index (κ2) is 4.13. The first-order valence-corrected chi connectivity index (χ1v) is 4.82. The molecule has 1 amide bonds. The van der Waals surface area contributed by atoms with E-state index in [4.69, 9.17) is 4.74 Å². The monoisotopic (exact) mass is 221 g/mol. The number of imidazole rings is 1. The number of nitrogens with one attached hydrogen (secondary N) is 2. The Morgan fingerprint density at radius 1 is 1.56 bits per heavy atom. The van der Waals surface area contributed by atoms with Crippen molar-refractivity contribution in [1.29, 1.82) is 0 Å². The predicted octanol–water partition coefficient (Wildman–Crippen LogP) is 0.710. The van der Waals surface area contributed by atoms with Crippen LogP contribution in [0, 0.1) is 0 Å². The maximum Gasteiger partial charge on any atom is 0.245 e. The number of ether oxygens (including phenoxy) is 1. The molecule has 7 nitrogen and oxygen atoms in total. The van der Waals surface area contributed by atoms with E-state index in [1.807, 2.05) is 6.92 Å². The lowest BCUT2D eigenvalue weighted by atomic mass is 10.5. The number of amides is 1. The molecule has 0 aliphatic heterocycles. The van der Waals surface area contributed by atoms with Gasteiger partial charge in [-0.05, 0) is 6.92 Å². The molecule has 2 aromatic rings. The van der Waals surface area contributed by atoms with E-state index in [1.54, 1.807) is 0 Å². The van der Waals surface area contributed by atoms with E-state index in [-0.39, 0.29) is 11.9 Å². The molecule has 0 aliphatic rings. The second-order valence-corrected chi connectivity index (χ2v) is 3.07. The van der Waals surface area contributed by atoms with Gasteiger partial charge in [0.2, 0.25) is 17.7 Å². The summed E-state index contributed by atoms with van der Waals surface area (Å²) in [4.78, 5) is 25.9. The lowest BCUT2D eigenvalue weighted by Gasteiger charge is -2.05. The van der Waals surface area contributed by atoms with Gasteiger partial charge in [0.25, 0.3) is 0 Å². The molecule has 0 bridgehead atoms. The van der Waals surface area contributed by atoms with Crippen LogP contribution in [0.25, 0.3) is 11.2 Å². The SMILES string of the molecule is CCOc1nc(NC(C)=O)nc2nc[nH]c12. The molecule has 16 heavy (non-hydrogen) atoms. The summed E-state index contributed by atoms with van der Waals surface area (Å²) in [6.45, 7) is 3.71. The van der Waals surface area contributed by atoms with Gasteiger partial charge < -0.3 is 9.72 Å². The third-order valence-electron chi connectivity index (χ3n) is 1.82. The van der Waals surface area contributed by atoms with Crippen molar-refractivity contribution < 1.29 is 9.53 Å². The fourth-order valence-corrected chi connectivity index (χ4v) is 1.26. The third kappa shape index (κ3) is 1.92. The topological polar surface area (TPSA) is 92.8 Å². The number of aromatic nitrogens is 4. The van der Waals surface area contributed by atoms with Crippen LogP contribution in [-0.2, 0) is 4.79 Å². The van der Waals surface area contributed by atoms with Crippen LogP contribution in [0.2, 0.25) is 0 Å². The van der Waals surface area contributed by atoms with Gasteiger partial charge in [0, 0.05) is 6.92 Å². The molecule has 2 N–H and O–H groups in total. The summed E-state index contributed by atoms with van der Waals surface area (Å²) in [5.74, 6) is 0.335. The molecule has 0 spiro atoms. The minimum absolute atomic E-state index is 0.190. The van der Waals surface area contributed by atoms with Crippen molar-refractivity contribution in [2.75, 3.05) is 11.9 Å². The number of aromatic amines is 1. The largest absolute Gasteiger partial charge is 0.476 e. The molecule has 0 unspecified atom stereocenters. The Hall–Kier alpha value is -2.18. The van der Waals surface area contributed by atoms with E-state index in [1.165, 1.54) is 13.3 Å². The highest BCUT2D eigenvalue weighted by atomic mass is 16.5. The molecule has 84 valence electrons. The number of fused-ring (bicyclic) bond motifs is 1. The minimum atomic E-state index is -0.239. The summed E-state index contributed by atoms with van der Waals surface area (Å²) < 4.78 is 5.33. The van der Waals surface area contributed by atoms with Gasteiger partial charge in [0.15, 0.2) is 5.65 Å². The van der Waals surface area contributed by atoms with Crippen LogP contribution in [0.1, 0.15) is 13.8 Å². The number of hydrogen-bond donors (Lipinski definition) is 2. The number of rotatable bonds is 3. The Morgan fingerprint density at radius 3 is 3.06 bits per heavy atom.